The number of imidazole rings is 1. The first kappa shape index (κ1) is 23.8. The molecule has 2 aromatic rings. The predicted octanol–water partition coefficient (Wildman–Crippen LogP) is 3.00. The van der Waals surface area contributed by atoms with Gasteiger partial charge in [0, 0.05) is 45.3 Å². The Kier molecular flexibility index (Phi) is 7.27. The summed E-state index contributed by atoms with van der Waals surface area (Å²) >= 11 is 0. The predicted molar refractivity (Wildman–Crippen MR) is 107 cm³/mol. The minimum atomic E-state index is -5.08. The number of likely N-dealkylation sites (tertiary alicyclic amines) is 1. The van der Waals surface area contributed by atoms with Crippen molar-refractivity contribution >= 4 is 11.9 Å². The highest BCUT2D eigenvalue weighted by Gasteiger charge is 2.38. The molecule has 1 atom stereocenters. The lowest BCUT2D eigenvalue weighted by atomic mass is 9.93. The van der Waals surface area contributed by atoms with E-state index in [4.69, 9.17) is 14.3 Å². The maximum atomic E-state index is 13.3. The zero-order chi connectivity index (χ0) is 23.5. The molecule has 2 aliphatic rings. The van der Waals surface area contributed by atoms with E-state index >= 15 is 0 Å². The minimum Gasteiger partial charge on any atom is -0.475 e. The number of amides is 1. The molecule has 2 aliphatic heterocycles. The van der Waals surface area contributed by atoms with Crippen LogP contribution >= 0.6 is 0 Å². The van der Waals surface area contributed by atoms with E-state index in [0.717, 1.165) is 68.4 Å². The standard InChI is InChI=1S/C19H26N4O2.C2HF3O2/c1-14-3-6-23(7-4-14)19(24)16-10-22(9-15-5-8-25-12-15)11-17-18(16)21(2)13-20-17;3-2(4,5)1(6)7/h5,8,12-14,16H,3-4,6-7,9-11H2,1-2H3;(H,6,7). The fourth-order valence-electron chi connectivity index (χ4n) is 4.08. The van der Waals surface area contributed by atoms with Crippen LogP contribution in [0.15, 0.2) is 29.3 Å². The lowest BCUT2D eigenvalue weighted by Crippen LogP contribution is -2.46. The highest BCUT2D eigenvalue weighted by Crippen LogP contribution is 2.31. The van der Waals surface area contributed by atoms with Gasteiger partial charge in [-0.3, -0.25) is 9.69 Å². The van der Waals surface area contributed by atoms with E-state index in [1.165, 1.54) is 0 Å². The minimum absolute atomic E-state index is 0.128. The smallest absolute Gasteiger partial charge is 0.475 e. The summed E-state index contributed by atoms with van der Waals surface area (Å²) in [6, 6.07) is 1.98. The topological polar surface area (TPSA) is 91.8 Å². The highest BCUT2D eigenvalue weighted by molar-refractivity contribution is 5.84. The number of hydrogen-bond acceptors (Lipinski definition) is 5. The van der Waals surface area contributed by atoms with E-state index in [1.807, 2.05) is 24.0 Å². The van der Waals surface area contributed by atoms with Crippen molar-refractivity contribution in [2.24, 2.45) is 13.0 Å². The number of carbonyl (C=O) groups excluding carboxylic acids is 1. The first-order valence-electron chi connectivity index (χ1n) is 10.4. The Morgan fingerprint density at radius 3 is 2.50 bits per heavy atom. The van der Waals surface area contributed by atoms with E-state index in [1.54, 1.807) is 12.5 Å². The fourth-order valence-corrected chi connectivity index (χ4v) is 4.08. The normalized spacial score (nSPS) is 19.8. The van der Waals surface area contributed by atoms with E-state index in [2.05, 4.69) is 21.7 Å². The molecule has 32 heavy (non-hydrogen) atoms. The largest absolute Gasteiger partial charge is 0.490 e. The number of furan rings is 1. The summed E-state index contributed by atoms with van der Waals surface area (Å²) in [6.07, 6.45) is 2.44. The van der Waals surface area contributed by atoms with Crippen LogP contribution in [0, 0.1) is 5.92 Å². The maximum Gasteiger partial charge on any atom is 0.490 e. The van der Waals surface area contributed by atoms with Gasteiger partial charge in [-0.25, -0.2) is 9.78 Å². The van der Waals surface area contributed by atoms with Crippen LogP contribution in [0.4, 0.5) is 13.2 Å². The molecule has 1 saturated heterocycles. The summed E-state index contributed by atoms with van der Waals surface area (Å²) in [5.74, 6) is -1.90. The molecule has 2 aromatic heterocycles. The van der Waals surface area contributed by atoms with Crippen LogP contribution in [0.3, 0.4) is 0 Å². The molecular formula is C21H27F3N4O4. The molecule has 1 N–H and O–H groups in total. The lowest BCUT2D eigenvalue weighted by Gasteiger charge is -2.37. The Morgan fingerprint density at radius 2 is 1.94 bits per heavy atom. The molecule has 1 fully saturated rings. The van der Waals surface area contributed by atoms with Gasteiger partial charge in [0.05, 0.1) is 36.2 Å². The quantitative estimate of drug-likeness (QED) is 0.764. The molecule has 8 nitrogen and oxygen atoms in total. The first-order valence-corrected chi connectivity index (χ1v) is 10.4. The number of nitrogens with zero attached hydrogens (tertiary/aromatic N) is 4. The van der Waals surface area contributed by atoms with Crippen LogP contribution in [-0.2, 0) is 29.7 Å². The summed E-state index contributed by atoms with van der Waals surface area (Å²) in [5, 5.41) is 7.12. The number of halogens is 3. The maximum absolute atomic E-state index is 13.3. The SMILES string of the molecule is CC1CCN(C(=O)C2CN(Cc3ccoc3)Cc3ncn(C)c32)CC1.O=C(O)C(F)(F)F. The number of aryl methyl sites for hydroxylation is 1. The molecular weight excluding hydrogens is 429 g/mol. The van der Waals surface area contributed by atoms with Crippen molar-refractivity contribution in [2.45, 2.75) is 44.9 Å². The fraction of sp³-hybridized carbons (Fsp3) is 0.571. The van der Waals surface area contributed by atoms with Crippen molar-refractivity contribution < 1.29 is 32.3 Å². The third kappa shape index (κ3) is 5.70. The van der Waals surface area contributed by atoms with Crippen molar-refractivity contribution in [2.75, 3.05) is 19.6 Å². The van der Waals surface area contributed by atoms with Gasteiger partial charge >= 0.3 is 12.1 Å². The van der Waals surface area contributed by atoms with E-state index < -0.39 is 12.1 Å². The molecule has 0 bridgehead atoms. The van der Waals surface area contributed by atoms with Crippen molar-refractivity contribution in [1.29, 1.82) is 0 Å². The van der Waals surface area contributed by atoms with E-state index in [-0.39, 0.29) is 11.8 Å². The molecule has 1 amide bonds. The summed E-state index contributed by atoms with van der Waals surface area (Å²) in [7, 11) is 2.00. The number of aromatic nitrogens is 2. The Morgan fingerprint density at radius 1 is 1.28 bits per heavy atom. The number of aliphatic carboxylic acids is 1. The zero-order valence-corrected chi connectivity index (χ0v) is 18.0. The summed E-state index contributed by atoms with van der Waals surface area (Å²) in [4.78, 5) is 31.1. The van der Waals surface area contributed by atoms with Crippen LogP contribution < -0.4 is 0 Å². The van der Waals surface area contributed by atoms with Gasteiger partial charge in [-0.1, -0.05) is 6.92 Å². The molecule has 0 saturated carbocycles. The van der Waals surface area contributed by atoms with Crippen LogP contribution in [0.25, 0.3) is 0 Å². The number of alkyl halides is 3. The van der Waals surface area contributed by atoms with Crippen LogP contribution in [0.1, 0.15) is 42.6 Å². The average Bonchev–Trinajstić information content (AvgIpc) is 3.37. The zero-order valence-electron chi connectivity index (χ0n) is 18.0. The van der Waals surface area contributed by atoms with Gasteiger partial charge in [0.2, 0.25) is 5.91 Å². The number of rotatable bonds is 3. The van der Waals surface area contributed by atoms with Crippen molar-refractivity contribution in [1.82, 2.24) is 19.4 Å². The Labute approximate surface area is 183 Å². The Bertz CT molecular complexity index is 918. The third-order valence-electron chi connectivity index (χ3n) is 5.83. The third-order valence-corrected chi connectivity index (χ3v) is 5.83. The Balaban J connectivity index is 0.000000360. The van der Waals surface area contributed by atoms with Gasteiger partial charge < -0.3 is 19.0 Å². The molecule has 4 rings (SSSR count). The highest BCUT2D eigenvalue weighted by atomic mass is 19.4. The number of carboxylic acids is 1. The van der Waals surface area contributed by atoms with Gasteiger partial charge in [-0.05, 0) is 24.8 Å². The summed E-state index contributed by atoms with van der Waals surface area (Å²) in [5.41, 5.74) is 3.26. The summed E-state index contributed by atoms with van der Waals surface area (Å²) < 4.78 is 39.0. The molecule has 176 valence electrons. The molecule has 11 heteroatoms. The molecule has 0 spiro atoms. The Hall–Kier alpha value is -2.82. The van der Waals surface area contributed by atoms with Gasteiger partial charge in [-0.2, -0.15) is 13.2 Å². The van der Waals surface area contributed by atoms with E-state index in [0.29, 0.717) is 0 Å². The van der Waals surface area contributed by atoms with Gasteiger partial charge in [-0.15, -0.1) is 0 Å². The monoisotopic (exact) mass is 456 g/mol. The number of carbonyl (C=O) groups is 2. The van der Waals surface area contributed by atoms with Crippen LogP contribution in [-0.4, -0.2) is 62.1 Å². The molecule has 4 heterocycles. The first-order chi connectivity index (χ1) is 15.1. The van der Waals surface area contributed by atoms with Crippen LogP contribution in [0.5, 0.6) is 0 Å². The lowest BCUT2D eigenvalue weighted by molar-refractivity contribution is -0.192. The second kappa shape index (κ2) is 9.76. The van der Waals surface area contributed by atoms with Crippen molar-refractivity contribution in [3.63, 3.8) is 0 Å². The number of hydrogen-bond donors (Lipinski definition) is 1. The van der Waals surface area contributed by atoms with E-state index in [9.17, 15) is 18.0 Å². The molecule has 0 aliphatic carbocycles. The summed E-state index contributed by atoms with van der Waals surface area (Å²) in [6.45, 7) is 6.34. The number of fused-ring (bicyclic) bond motifs is 1. The van der Waals surface area contributed by atoms with Crippen molar-refractivity contribution in [3.8, 4) is 0 Å². The van der Waals surface area contributed by atoms with Gasteiger partial charge in [0.15, 0.2) is 0 Å². The van der Waals surface area contributed by atoms with Gasteiger partial charge in [0.25, 0.3) is 0 Å². The second-order valence-electron chi connectivity index (χ2n) is 8.35. The molecule has 0 radical (unpaired) electrons. The number of carboxylic acid groups (broad SMARTS) is 1. The average molecular weight is 456 g/mol. The second-order valence-corrected chi connectivity index (χ2v) is 8.35. The molecule has 0 aromatic carbocycles. The van der Waals surface area contributed by atoms with Crippen molar-refractivity contribution in [3.05, 3.63) is 41.9 Å². The van der Waals surface area contributed by atoms with Gasteiger partial charge in [0.1, 0.15) is 0 Å². The molecule has 1 unspecified atom stereocenters. The number of piperidine rings is 1. The van der Waals surface area contributed by atoms with Crippen LogP contribution in [0.2, 0.25) is 0 Å².